The Balaban J connectivity index is 2.33. The molecule has 28 heavy (non-hydrogen) atoms. The lowest BCUT2D eigenvalue weighted by atomic mass is 9.85. The van der Waals surface area contributed by atoms with E-state index < -0.39 is 35.5 Å². The van der Waals surface area contributed by atoms with Crippen molar-refractivity contribution in [3.05, 3.63) is 71.8 Å². The largest absolute Gasteiger partial charge is 0.471 e. The molecule has 0 saturated heterocycles. The molecule has 7 heteroatoms. The molecule has 2 aromatic carbocycles. The number of benzene rings is 2. The average Bonchev–Trinajstić information content (AvgIpc) is 2.63. The summed E-state index contributed by atoms with van der Waals surface area (Å²) in [5.74, 6) is -2.83. The third kappa shape index (κ3) is 5.58. The molecular weight excluding hydrogens is 369 g/mol. The zero-order valence-electron chi connectivity index (χ0n) is 15.9. The van der Waals surface area contributed by atoms with Crippen molar-refractivity contribution in [2.45, 2.75) is 39.0 Å². The minimum Gasteiger partial charge on any atom is -0.343 e. The van der Waals surface area contributed by atoms with Crippen LogP contribution in [0.5, 0.6) is 0 Å². The van der Waals surface area contributed by atoms with Crippen LogP contribution in [-0.2, 0) is 9.59 Å². The SMILES string of the molecule is CC(C)(C)C(NC(=O)C(F)(F)F)C(=O)NC(c1ccccc1)c1ccccc1. The summed E-state index contributed by atoms with van der Waals surface area (Å²) >= 11 is 0. The van der Waals surface area contributed by atoms with Gasteiger partial charge < -0.3 is 10.6 Å². The van der Waals surface area contributed by atoms with Gasteiger partial charge in [-0.15, -0.1) is 0 Å². The average molecular weight is 392 g/mol. The maximum atomic E-state index is 12.9. The first-order valence-electron chi connectivity index (χ1n) is 8.78. The fraction of sp³-hybridized carbons (Fsp3) is 0.333. The van der Waals surface area contributed by atoms with Gasteiger partial charge in [0.05, 0.1) is 6.04 Å². The van der Waals surface area contributed by atoms with E-state index in [1.807, 2.05) is 66.0 Å². The predicted molar refractivity (Wildman–Crippen MR) is 100 cm³/mol. The summed E-state index contributed by atoms with van der Waals surface area (Å²) in [6.07, 6.45) is -5.07. The van der Waals surface area contributed by atoms with Crippen molar-refractivity contribution in [3.63, 3.8) is 0 Å². The molecule has 150 valence electrons. The van der Waals surface area contributed by atoms with Gasteiger partial charge in [-0.3, -0.25) is 9.59 Å². The molecule has 0 aromatic heterocycles. The highest BCUT2D eigenvalue weighted by atomic mass is 19.4. The summed E-state index contributed by atoms with van der Waals surface area (Å²) in [4.78, 5) is 24.4. The van der Waals surface area contributed by atoms with Crippen LogP contribution < -0.4 is 10.6 Å². The third-order valence-electron chi connectivity index (χ3n) is 4.21. The Bertz CT molecular complexity index is 760. The van der Waals surface area contributed by atoms with Crippen LogP contribution in [0, 0.1) is 5.41 Å². The maximum absolute atomic E-state index is 12.9. The van der Waals surface area contributed by atoms with Gasteiger partial charge in [-0.1, -0.05) is 81.4 Å². The number of halogens is 3. The fourth-order valence-electron chi connectivity index (χ4n) is 2.76. The van der Waals surface area contributed by atoms with Crippen LogP contribution in [0.15, 0.2) is 60.7 Å². The van der Waals surface area contributed by atoms with Crippen molar-refractivity contribution in [3.8, 4) is 0 Å². The van der Waals surface area contributed by atoms with Crippen molar-refractivity contribution < 1.29 is 22.8 Å². The first kappa shape index (κ1) is 21.5. The van der Waals surface area contributed by atoms with Gasteiger partial charge in [0.25, 0.3) is 0 Å². The van der Waals surface area contributed by atoms with Crippen molar-refractivity contribution in [2.24, 2.45) is 5.41 Å². The van der Waals surface area contributed by atoms with E-state index in [9.17, 15) is 22.8 Å². The molecule has 1 atom stereocenters. The summed E-state index contributed by atoms with van der Waals surface area (Å²) in [5, 5.41) is 4.62. The smallest absolute Gasteiger partial charge is 0.343 e. The van der Waals surface area contributed by atoms with Gasteiger partial charge in [-0.2, -0.15) is 13.2 Å². The standard InChI is InChI=1S/C21H23F3N2O2/c1-20(2,3)17(26-19(28)21(22,23)24)18(27)25-16(14-10-6-4-7-11-14)15-12-8-5-9-13-15/h4-13,16-17H,1-3H3,(H,25,27)(H,26,28). The van der Waals surface area contributed by atoms with Crippen LogP contribution in [0.1, 0.15) is 37.9 Å². The first-order chi connectivity index (χ1) is 13.0. The number of hydrogen-bond donors (Lipinski definition) is 2. The van der Waals surface area contributed by atoms with Gasteiger partial charge in [0.15, 0.2) is 0 Å². The molecule has 1 unspecified atom stereocenters. The van der Waals surface area contributed by atoms with Gasteiger partial charge in [-0.05, 0) is 16.5 Å². The molecule has 4 nitrogen and oxygen atoms in total. The number of amides is 2. The quantitative estimate of drug-likeness (QED) is 0.809. The monoisotopic (exact) mass is 392 g/mol. The molecule has 0 fully saturated rings. The molecule has 0 aliphatic heterocycles. The van der Waals surface area contributed by atoms with E-state index in [4.69, 9.17) is 0 Å². The summed E-state index contributed by atoms with van der Waals surface area (Å²) in [6.45, 7) is 4.77. The van der Waals surface area contributed by atoms with Gasteiger partial charge in [0.2, 0.25) is 5.91 Å². The number of carbonyl (C=O) groups is 2. The first-order valence-corrected chi connectivity index (χ1v) is 8.78. The summed E-state index contributed by atoms with van der Waals surface area (Å²) in [6, 6.07) is 16.2. The van der Waals surface area contributed by atoms with Crippen molar-refractivity contribution in [2.75, 3.05) is 0 Å². The second-order valence-electron chi connectivity index (χ2n) is 7.53. The van der Waals surface area contributed by atoms with Crippen LogP contribution in [-0.4, -0.2) is 24.0 Å². The molecular formula is C21H23F3N2O2. The van der Waals surface area contributed by atoms with Gasteiger partial charge >= 0.3 is 12.1 Å². The highest BCUT2D eigenvalue weighted by Gasteiger charge is 2.43. The molecule has 0 bridgehead atoms. The summed E-state index contributed by atoms with van der Waals surface area (Å²) in [5.41, 5.74) is 0.622. The zero-order valence-corrected chi connectivity index (χ0v) is 15.9. The Morgan fingerprint density at radius 1 is 0.786 bits per heavy atom. The zero-order chi connectivity index (χ0) is 20.9. The highest BCUT2D eigenvalue weighted by molar-refractivity contribution is 5.90. The van der Waals surface area contributed by atoms with E-state index in [1.54, 1.807) is 20.8 Å². The van der Waals surface area contributed by atoms with Crippen LogP contribution in [0.3, 0.4) is 0 Å². The topological polar surface area (TPSA) is 58.2 Å². The number of nitrogens with one attached hydrogen (secondary N) is 2. The van der Waals surface area contributed by atoms with Crippen LogP contribution in [0.4, 0.5) is 13.2 Å². The Morgan fingerprint density at radius 3 is 1.57 bits per heavy atom. The maximum Gasteiger partial charge on any atom is 0.471 e. The van der Waals surface area contributed by atoms with Crippen molar-refractivity contribution in [1.82, 2.24) is 10.6 Å². The summed E-state index contributed by atoms with van der Waals surface area (Å²) in [7, 11) is 0. The summed E-state index contributed by atoms with van der Waals surface area (Å²) < 4.78 is 38.1. The molecule has 0 radical (unpaired) electrons. The normalized spacial score (nSPS) is 13.1. The molecule has 0 spiro atoms. The second kappa shape index (κ2) is 8.46. The lowest BCUT2D eigenvalue weighted by molar-refractivity contribution is -0.175. The molecule has 2 rings (SSSR count). The van der Waals surface area contributed by atoms with Crippen LogP contribution in [0.25, 0.3) is 0 Å². The van der Waals surface area contributed by atoms with Crippen molar-refractivity contribution in [1.29, 1.82) is 0 Å². The molecule has 2 amide bonds. The van der Waals surface area contributed by atoms with Crippen LogP contribution >= 0.6 is 0 Å². The van der Waals surface area contributed by atoms with E-state index in [-0.39, 0.29) is 0 Å². The Hall–Kier alpha value is -2.83. The van der Waals surface area contributed by atoms with Crippen LogP contribution in [0.2, 0.25) is 0 Å². The van der Waals surface area contributed by atoms with E-state index in [1.165, 1.54) is 0 Å². The third-order valence-corrected chi connectivity index (χ3v) is 4.21. The number of hydrogen-bond acceptors (Lipinski definition) is 2. The molecule has 0 heterocycles. The Morgan fingerprint density at radius 2 is 1.21 bits per heavy atom. The lowest BCUT2D eigenvalue weighted by Crippen LogP contribution is -2.56. The highest BCUT2D eigenvalue weighted by Crippen LogP contribution is 2.26. The molecule has 0 aliphatic rings. The van der Waals surface area contributed by atoms with E-state index >= 15 is 0 Å². The van der Waals surface area contributed by atoms with Crippen molar-refractivity contribution >= 4 is 11.8 Å². The minimum absolute atomic E-state index is 0.567. The Labute approximate surface area is 162 Å². The number of carbonyl (C=O) groups excluding carboxylic acids is 2. The Kier molecular flexibility index (Phi) is 6.48. The molecule has 2 N–H and O–H groups in total. The number of alkyl halides is 3. The van der Waals surface area contributed by atoms with Gasteiger partial charge in [-0.25, -0.2) is 0 Å². The molecule has 0 aliphatic carbocycles. The molecule has 0 saturated carbocycles. The lowest BCUT2D eigenvalue weighted by Gasteiger charge is -2.32. The van der Waals surface area contributed by atoms with E-state index in [0.29, 0.717) is 0 Å². The van der Waals surface area contributed by atoms with Gasteiger partial charge in [0, 0.05) is 0 Å². The second-order valence-corrected chi connectivity index (χ2v) is 7.53. The fourth-order valence-corrected chi connectivity index (χ4v) is 2.76. The predicted octanol–water partition coefficient (Wildman–Crippen LogP) is 3.99. The molecule has 2 aromatic rings. The van der Waals surface area contributed by atoms with E-state index in [2.05, 4.69) is 5.32 Å². The van der Waals surface area contributed by atoms with E-state index in [0.717, 1.165) is 11.1 Å². The minimum atomic E-state index is -5.07. The van der Waals surface area contributed by atoms with Gasteiger partial charge in [0.1, 0.15) is 6.04 Å². The number of rotatable bonds is 5.